The van der Waals surface area contributed by atoms with Crippen molar-refractivity contribution in [3.63, 3.8) is 0 Å². The Bertz CT molecular complexity index is 987. The Balaban J connectivity index is 1.81. The number of benzene rings is 2. The summed E-state index contributed by atoms with van der Waals surface area (Å²) in [5.41, 5.74) is 1.30. The zero-order chi connectivity index (χ0) is 21.1. The van der Waals surface area contributed by atoms with Gasteiger partial charge >= 0.3 is 0 Å². The minimum Gasteiger partial charge on any atom is -0.351 e. The molecule has 8 heteroatoms. The Morgan fingerprint density at radius 2 is 1.76 bits per heavy atom. The lowest BCUT2D eigenvalue weighted by atomic mass is 9.68. The summed E-state index contributed by atoms with van der Waals surface area (Å²) >= 11 is 6.07. The van der Waals surface area contributed by atoms with Crippen LogP contribution in [-0.4, -0.2) is 20.6 Å². The number of sulfonamides is 1. The van der Waals surface area contributed by atoms with Gasteiger partial charge in [0.25, 0.3) is 0 Å². The minimum atomic E-state index is -3.36. The highest BCUT2D eigenvalue weighted by atomic mass is 35.5. The Kier molecular flexibility index (Phi) is 6.49. The number of hydrogen-bond donors (Lipinski definition) is 2. The van der Waals surface area contributed by atoms with E-state index < -0.39 is 21.3 Å². The molecule has 0 heterocycles. The monoisotopic (exact) mass is 438 g/mol. The zero-order valence-electron chi connectivity index (χ0n) is 16.2. The number of carbonyl (C=O) groups excluding carboxylic acids is 1. The van der Waals surface area contributed by atoms with Gasteiger partial charge in [-0.3, -0.25) is 9.52 Å². The smallest absolute Gasteiger partial charge is 0.230 e. The first-order chi connectivity index (χ1) is 13.7. The molecule has 2 aromatic carbocycles. The van der Waals surface area contributed by atoms with Gasteiger partial charge in [0.05, 0.1) is 11.7 Å². The summed E-state index contributed by atoms with van der Waals surface area (Å²) in [4.78, 5) is 13.2. The number of anilines is 1. The third-order valence-corrected chi connectivity index (χ3v) is 6.30. The molecule has 0 unspecified atom stereocenters. The van der Waals surface area contributed by atoms with Gasteiger partial charge in [-0.15, -0.1) is 0 Å². The largest absolute Gasteiger partial charge is 0.351 e. The molecule has 1 aliphatic carbocycles. The van der Waals surface area contributed by atoms with Crippen LogP contribution < -0.4 is 10.0 Å². The Morgan fingerprint density at radius 1 is 1.10 bits per heavy atom. The molecule has 1 amide bonds. The molecule has 0 spiro atoms. The first-order valence-corrected chi connectivity index (χ1v) is 11.8. The van der Waals surface area contributed by atoms with Crippen LogP contribution in [0, 0.1) is 5.82 Å². The molecule has 0 saturated heterocycles. The van der Waals surface area contributed by atoms with Crippen molar-refractivity contribution in [1.82, 2.24) is 5.32 Å². The minimum absolute atomic E-state index is 0.0959. The molecule has 2 aromatic rings. The fourth-order valence-corrected chi connectivity index (χ4v) is 4.68. The lowest BCUT2D eigenvalue weighted by Gasteiger charge is -2.36. The van der Waals surface area contributed by atoms with E-state index in [1.165, 1.54) is 12.1 Å². The average Bonchev–Trinajstić information content (AvgIpc) is 2.67. The van der Waals surface area contributed by atoms with Crippen molar-refractivity contribution in [3.8, 4) is 0 Å². The topological polar surface area (TPSA) is 75.3 Å². The summed E-state index contributed by atoms with van der Waals surface area (Å²) in [6.07, 6.45) is 5.48. The van der Waals surface area contributed by atoms with Crippen LogP contribution in [0.4, 0.5) is 10.1 Å². The van der Waals surface area contributed by atoms with E-state index in [0.29, 0.717) is 11.3 Å². The molecule has 0 aliphatic heterocycles. The van der Waals surface area contributed by atoms with E-state index >= 15 is 0 Å². The molecule has 0 atom stereocenters. The molecule has 1 fully saturated rings. The highest BCUT2D eigenvalue weighted by molar-refractivity contribution is 7.92. The Morgan fingerprint density at radius 3 is 2.34 bits per heavy atom. The predicted molar refractivity (Wildman–Crippen MR) is 113 cm³/mol. The van der Waals surface area contributed by atoms with Crippen LogP contribution in [0.15, 0.2) is 42.5 Å². The molecule has 2 N–H and O–H groups in total. The number of nitrogens with one attached hydrogen (secondary N) is 2. The summed E-state index contributed by atoms with van der Waals surface area (Å²) in [6.45, 7) is 0.216. The summed E-state index contributed by atoms with van der Waals surface area (Å²) in [5.74, 6) is -0.516. The van der Waals surface area contributed by atoms with Crippen LogP contribution in [0.3, 0.4) is 0 Å². The number of hydrogen-bond acceptors (Lipinski definition) is 3. The van der Waals surface area contributed by atoms with Crippen molar-refractivity contribution in [1.29, 1.82) is 0 Å². The van der Waals surface area contributed by atoms with Crippen LogP contribution in [0.25, 0.3) is 0 Å². The first kappa shape index (κ1) is 21.6. The van der Waals surface area contributed by atoms with Crippen LogP contribution in [0.5, 0.6) is 0 Å². The average molecular weight is 439 g/mol. The maximum atomic E-state index is 13.2. The highest BCUT2D eigenvalue weighted by Crippen LogP contribution is 2.40. The van der Waals surface area contributed by atoms with E-state index in [4.69, 9.17) is 11.6 Å². The van der Waals surface area contributed by atoms with E-state index in [-0.39, 0.29) is 17.5 Å². The number of halogens is 2. The fraction of sp³-hybridized carbons (Fsp3) is 0.381. The van der Waals surface area contributed by atoms with Gasteiger partial charge < -0.3 is 5.32 Å². The van der Waals surface area contributed by atoms with E-state index in [9.17, 15) is 17.6 Å². The zero-order valence-corrected chi connectivity index (χ0v) is 17.7. The summed E-state index contributed by atoms with van der Waals surface area (Å²) in [5, 5.41) is 3.24. The number of rotatable bonds is 6. The fourth-order valence-electron chi connectivity index (χ4n) is 3.88. The molecule has 0 bridgehead atoms. The quantitative estimate of drug-likeness (QED) is 0.703. The molecule has 156 valence electrons. The lowest BCUT2D eigenvalue weighted by molar-refractivity contribution is -0.128. The molecule has 0 radical (unpaired) electrons. The third-order valence-electron chi connectivity index (χ3n) is 5.34. The van der Waals surface area contributed by atoms with Crippen LogP contribution in [0.2, 0.25) is 5.02 Å². The second-order valence-corrected chi connectivity index (χ2v) is 9.67. The Labute approximate surface area is 175 Å². The van der Waals surface area contributed by atoms with Gasteiger partial charge in [0.2, 0.25) is 15.9 Å². The van der Waals surface area contributed by atoms with Gasteiger partial charge in [-0.2, -0.15) is 0 Å². The van der Waals surface area contributed by atoms with Gasteiger partial charge in [-0.05, 0) is 48.2 Å². The summed E-state index contributed by atoms with van der Waals surface area (Å²) in [7, 11) is -3.36. The highest BCUT2D eigenvalue weighted by Gasteiger charge is 2.40. The maximum absolute atomic E-state index is 13.2. The second-order valence-electron chi connectivity index (χ2n) is 7.51. The number of carbonyl (C=O) groups is 1. The molecule has 3 rings (SSSR count). The lowest BCUT2D eigenvalue weighted by Crippen LogP contribution is -2.45. The van der Waals surface area contributed by atoms with Crippen molar-refractivity contribution in [2.24, 2.45) is 0 Å². The molecule has 5 nitrogen and oxygen atoms in total. The van der Waals surface area contributed by atoms with Gasteiger partial charge in [0.15, 0.2) is 0 Å². The van der Waals surface area contributed by atoms with Crippen molar-refractivity contribution in [2.45, 2.75) is 44.1 Å². The maximum Gasteiger partial charge on any atom is 0.230 e. The summed E-state index contributed by atoms with van der Waals surface area (Å²) in [6, 6.07) is 11.1. The first-order valence-electron chi connectivity index (χ1n) is 9.50. The van der Waals surface area contributed by atoms with E-state index in [1.807, 2.05) is 12.1 Å². The normalized spacial score (nSPS) is 16.2. The molecular weight excluding hydrogens is 415 g/mol. The molecule has 1 saturated carbocycles. The molecule has 29 heavy (non-hydrogen) atoms. The van der Waals surface area contributed by atoms with Gasteiger partial charge in [-0.1, -0.05) is 49.1 Å². The molecule has 1 aliphatic rings. The SMILES string of the molecule is CS(=O)(=O)Nc1ccc(C2(C(=O)NCc3ccc(F)cc3Cl)CCCCC2)cc1. The third kappa shape index (κ3) is 5.28. The molecule has 0 aromatic heterocycles. The van der Waals surface area contributed by atoms with Crippen LogP contribution in [0.1, 0.15) is 43.2 Å². The van der Waals surface area contributed by atoms with E-state index in [0.717, 1.165) is 43.9 Å². The van der Waals surface area contributed by atoms with Crippen LogP contribution in [-0.2, 0) is 26.8 Å². The molecular formula is C21H24ClFN2O3S. The van der Waals surface area contributed by atoms with Crippen molar-refractivity contribution in [2.75, 3.05) is 11.0 Å². The van der Waals surface area contributed by atoms with Gasteiger partial charge in [0.1, 0.15) is 5.82 Å². The second kappa shape index (κ2) is 8.71. The van der Waals surface area contributed by atoms with Crippen LogP contribution >= 0.6 is 11.6 Å². The number of amides is 1. The Hall–Kier alpha value is -2.12. The van der Waals surface area contributed by atoms with Gasteiger partial charge in [0, 0.05) is 17.3 Å². The standard InChI is InChI=1S/C21H24ClFN2O3S/c1-29(27,28)25-18-9-6-16(7-10-18)21(11-3-2-4-12-21)20(26)24-14-15-5-8-17(23)13-19(15)22/h5-10,13,25H,2-4,11-12,14H2,1H3,(H,24,26). The predicted octanol–water partition coefficient (Wildman–Crippen LogP) is 4.37. The van der Waals surface area contributed by atoms with Crippen molar-refractivity contribution in [3.05, 3.63) is 64.4 Å². The van der Waals surface area contributed by atoms with E-state index in [1.54, 1.807) is 18.2 Å². The van der Waals surface area contributed by atoms with E-state index in [2.05, 4.69) is 10.0 Å². The summed E-state index contributed by atoms with van der Waals surface area (Å²) < 4.78 is 38.5. The van der Waals surface area contributed by atoms with Crippen molar-refractivity contribution >= 4 is 33.2 Å². The van der Waals surface area contributed by atoms with Crippen molar-refractivity contribution < 1.29 is 17.6 Å². The van der Waals surface area contributed by atoms with Gasteiger partial charge in [-0.25, -0.2) is 12.8 Å².